The molecule has 1 nitrogen and oxygen atoms in total. The first-order valence-electron chi connectivity index (χ1n) is 6.47. The summed E-state index contributed by atoms with van der Waals surface area (Å²) in [7, 11) is 0. The van der Waals surface area contributed by atoms with Crippen molar-refractivity contribution in [2.24, 2.45) is 5.92 Å². The van der Waals surface area contributed by atoms with Crippen molar-refractivity contribution >= 4 is 10.9 Å². The molecule has 0 saturated heterocycles. The molecule has 0 N–H and O–H groups in total. The predicted molar refractivity (Wildman–Crippen MR) is 75.5 cm³/mol. The molecule has 0 saturated carbocycles. The lowest BCUT2D eigenvalue weighted by Crippen LogP contribution is -2.11. The van der Waals surface area contributed by atoms with Crippen molar-refractivity contribution in [1.82, 2.24) is 4.57 Å². The highest BCUT2D eigenvalue weighted by atomic mass is 15.0. The van der Waals surface area contributed by atoms with Crippen molar-refractivity contribution in [3.8, 4) is 0 Å². The molecule has 0 aliphatic carbocycles. The number of nitrogens with zero attached hydrogens (tertiary/aromatic N) is 1. The van der Waals surface area contributed by atoms with Crippen LogP contribution in [0.25, 0.3) is 10.9 Å². The van der Waals surface area contributed by atoms with E-state index in [2.05, 4.69) is 69.6 Å². The van der Waals surface area contributed by atoms with Crippen LogP contribution < -0.4 is 0 Å². The molecule has 1 heteroatoms. The van der Waals surface area contributed by atoms with Gasteiger partial charge in [0.2, 0.25) is 0 Å². The Morgan fingerprint density at radius 2 is 1.82 bits per heavy atom. The van der Waals surface area contributed by atoms with Crippen LogP contribution in [0.15, 0.2) is 30.5 Å². The highest BCUT2D eigenvalue weighted by molar-refractivity contribution is 5.81. The summed E-state index contributed by atoms with van der Waals surface area (Å²) in [5, 5.41) is 1.35. The fourth-order valence-corrected chi connectivity index (χ4v) is 2.20. The van der Waals surface area contributed by atoms with E-state index in [1.54, 1.807) is 0 Å². The molecule has 0 aliphatic rings. The average Bonchev–Trinajstić information content (AvgIpc) is 2.59. The van der Waals surface area contributed by atoms with Crippen molar-refractivity contribution in [2.45, 2.75) is 46.6 Å². The van der Waals surface area contributed by atoms with Gasteiger partial charge in [-0.3, -0.25) is 0 Å². The summed E-state index contributed by atoms with van der Waals surface area (Å²) in [6.07, 6.45) is 2.21. The summed E-state index contributed by atoms with van der Waals surface area (Å²) < 4.78 is 2.37. The van der Waals surface area contributed by atoms with Gasteiger partial charge in [0, 0.05) is 18.3 Å². The van der Waals surface area contributed by atoms with Crippen molar-refractivity contribution < 1.29 is 0 Å². The minimum absolute atomic E-state index is 0.223. The van der Waals surface area contributed by atoms with Gasteiger partial charge in [-0.25, -0.2) is 0 Å². The number of rotatable bonds is 2. The monoisotopic (exact) mass is 229 g/mol. The van der Waals surface area contributed by atoms with Crippen LogP contribution in [0.1, 0.15) is 40.2 Å². The predicted octanol–water partition coefficient (Wildman–Crippen LogP) is 4.59. The van der Waals surface area contributed by atoms with Crippen LogP contribution in [-0.4, -0.2) is 4.57 Å². The van der Waals surface area contributed by atoms with E-state index in [9.17, 15) is 0 Å². The highest BCUT2D eigenvalue weighted by Gasteiger charge is 2.14. The molecular weight excluding hydrogens is 206 g/mol. The Kier molecular flexibility index (Phi) is 3.03. The number of fused-ring (bicyclic) bond motifs is 1. The first kappa shape index (κ1) is 12.2. The lowest BCUT2D eigenvalue weighted by molar-refractivity contribution is 0.534. The van der Waals surface area contributed by atoms with Gasteiger partial charge in [0.15, 0.2) is 0 Å². The van der Waals surface area contributed by atoms with Crippen LogP contribution in [0.3, 0.4) is 0 Å². The zero-order valence-corrected chi connectivity index (χ0v) is 11.6. The molecule has 0 unspecified atom stereocenters. The number of hydrogen-bond donors (Lipinski definition) is 0. The molecule has 1 aromatic heterocycles. The van der Waals surface area contributed by atoms with E-state index in [-0.39, 0.29) is 5.41 Å². The maximum absolute atomic E-state index is 2.37. The Hall–Kier alpha value is -1.24. The zero-order valence-electron chi connectivity index (χ0n) is 11.6. The molecule has 17 heavy (non-hydrogen) atoms. The largest absolute Gasteiger partial charge is 0.347 e. The molecule has 0 radical (unpaired) electrons. The summed E-state index contributed by atoms with van der Waals surface area (Å²) in [4.78, 5) is 0. The Labute approximate surface area is 104 Å². The molecule has 0 spiro atoms. The van der Waals surface area contributed by atoms with Crippen molar-refractivity contribution in [2.75, 3.05) is 0 Å². The fourth-order valence-electron chi connectivity index (χ4n) is 2.20. The second kappa shape index (κ2) is 4.21. The van der Waals surface area contributed by atoms with E-state index in [0.29, 0.717) is 5.92 Å². The maximum atomic E-state index is 2.37. The van der Waals surface area contributed by atoms with Crippen LogP contribution >= 0.6 is 0 Å². The summed E-state index contributed by atoms with van der Waals surface area (Å²) >= 11 is 0. The second-order valence-corrected chi connectivity index (χ2v) is 6.39. The summed E-state index contributed by atoms with van der Waals surface area (Å²) in [5.74, 6) is 0.684. The van der Waals surface area contributed by atoms with Crippen molar-refractivity contribution in [3.63, 3.8) is 0 Å². The third-order valence-electron chi connectivity index (χ3n) is 3.20. The molecule has 0 amide bonds. The normalized spacial score (nSPS) is 12.6. The highest BCUT2D eigenvalue weighted by Crippen LogP contribution is 2.27. The maximum Gasteiger partial charge on any atom is 0.0483 e. The zero-order chi connectivity index (χ0) is 12.6. The lowest BCUT2D eigenvalue weighted by atomic mass is 9.87. The topological polar surface area (TPSA) is 4.93 Å². The van der Waals surface area contributed by atoms with Gasteiger partial charge in [0.05, 0.1) is 0 Å². The van der Waals surface area contributed by atoms with Gasteiger partial charge in [-0.2, -0.15) is 0 Å². The SMILES string of the molecule is CC(C)Cn1ccc2ccc(C(C)(C)C)cc21. The number of benzene rings is 1. The Morgan fingerprint density at radius 1 is 1.12 bits per heavy atom. The molecule has 0 atom stereocenters. The Balaban J connectivity index is 2.50. The minimum Gasteiger partial charge on any atom is -0.347 e. The second-order valence-electron chi connectivity index (χ2n) is 6.39. The molecule has 92 valence electrons. The van der Waals surface area contributed by atoms with Gasteiger partial charge in [-0.1, -0.05) is 46.8 Å². The van der Waals surface area contributed by atoms with Gasteiger partial charge in [0.25, 0.3) is 0 Å². The Bertz CT molecular complexity index is 512. The molecular formula is C16H23N. The average molecular weight is 229 g/mol. The van der Waals surface area contributed by atoms with E-state index >= 15 is 0 Å². The summed E-state index contributed by atoms with van der Waals surface area (Å²) in [5.41, 5.74) is 3.00. The first-order valence-corrected chi connectivity index (χ1v) is 6.47. The lowest BCUT2D eigenvalue weighted by Gasteiger charge is -2.19. The van der Waals surface area contributed by atoms with E-state index < -0.39 is 0 Å². The van der Waals surface area contributed by atoms with E-state index in [4.69, 9.17) is 0 Å². The third-order valence-corrected chi connectivity index (χ3v) is 3.20. The smallest absolute Gasteiger partial charge is 0.0483 e. The van der Waals surface area contributed by atoms with Gasteiger partial charge < -0.3 is 4.57 Å². The van der Waals surface area contributed by atoms with E-state index in [1.807, 2.05) is 0 Å². The van der Waals surface area contributed by atoms with Crippen molar-refractivity contribution in [1.29, 1.82) is 0 Å². The van der Waals surface area contributed by atoms with Crippen LogP contribution in [-0.2, 0) is 12.0 Å². The van der Waals surface area contributed by atoms with Crippen LogP contribution in [0, 0.1) is 5.92 Å². The standard InChI is InChI=1S/C16H23N/c1-12(2)11-17-9-8-13-6-7-14(10-15(13)17)16(3,4)5/h6-10,12H,11H2,1-5H3. The first-order chi connectivity index (χ1) is 7.88. The van der Waals surface area contributed by atoms with Crippen LogP contribution in [0.5, 0.6) is 0 Å². The molecule has 2 aromatic rings. The van der Waals surface area contributed by atoms with E-state index in [0.717, 1.165) is 6.54 Å². The van der Waals surface area contributed by atoms with E-state index in [1.165, 1.54) is 16.5 Å². The number of hydrogen-bond acceptors (Lipinski definition) is 0. The molecule has 1 aromatic carbocycles. The Morgan fingerprint density at radius 3 is 2.41 bits per heavy atom. The molecule has 1 heterocycles. The fraction of sp³-hybridized carbons (Fsp3) is 0.500. The molecule has 2 rings (SSSR count). The van der Waals surface area contributed by atoms with Crippen LogP contribution in [0.4, 0.5) is 0 Å². The minimum atomic E-state index is 0.223. The van der Waals surface area contributed by atoms with Gasteiger partial charge in [-0.15, -0.1) is 0 Å². The summed E-state index contributed by atoms with van der Waals surface area (Å²) in [6.45, 7) is 12.4. The molecule has 0 fully saturated rings. The quantitative estimate of drug-likeness (QED) is 0.709. The van der Waals surface area contributed by atoms with Crippen LogP contribution in [0.2, 0.25) is 0 Å². The van der Waals surface area contributed by atoms with Crippen molar-refractivity contribution in [3.05, 3.63) is 36.0 Å². The summed E-state index contributed by atoms with van der Waals surface area (Å²) in [6, 6.07) is 9.05. The number of aromatic nitrogens is 1. The molecule has 0 aliphatic heterocycles. The van der Waals surface area contributed by atoms with Gasteiger partial charge in [0.1, 0.15) is 0 Å². The van der Waals surface area contributed by atoms with Gasteiger partial charge in [-0.05, 0) is 34.4 Å². The third kappa shape index (κ3) is 2.54. The molecule has 0 bridgehead atoms. The van der Waals surface area contributed by atoms with Gasteiger partial charge >= 0.3 is 0 Å².